The summed E-state index contributed by atoms with van der Waals surface area (Å²) in [6.07, 6.45) is -4.32. The van der Waals surface area contributed by atoms with Gasteiger partial charge in [-0.3, -0.25) is 0 Å². The third-order valence-electron chi connectivity index (χ3n) is 3.50. The van der Waals surface area contributed by atoms with Gasteiger partial charge in [-0.05, 0) is 29.7 Å². The Morgan fingerprint density at radius 1 is 1.05 bits per heavy atom. The van der Waals surface area contributed by atoms with E-state index in [0.29, 0.717) is 12.1 Å². The molecule has 0 aliphatic carbocycles. The molecule has 2 aromatic rings. The summed E-state index contributed by atoms with van der Waals surface area (Å²) in [6, 6.07) is 12.7. The zero-order valence-corrected chi connectivity index (χ0v) is 12.2. The minimum atomic E-state index is -4.32. The number of nitrogens with one attached hydrogen (secondary N) is 1. The lowest BCUT2D eigenvalue weighted by Gasteiger charge is -2.16. The van der Waals surface area contributed by atoms with Gasteiger partial charge in [-0.2, -0.15) is 13.2 Å². The molecule has 0 amide bonds. The van der Waals surface area contributed by atoms with Crippen molar-refractivity contribution in [1.82, 2.24) is 5.32 Å². The van der Waals surface area contributed by atoms with E-state index < -0.39 is 11.7 Å². The molecule has 22 heavy (non-hydrogen) atoms. The second-order valence-corrected chi connectivity index (χ2v) is 5.20. The molecule has 0 radical (unpaired) electrons. The van der Waals surface area contributed by atoms with Crippen LogP contribution in [0, 0.1) is 0 Å². The molecule has 0 spiro atoms. The van der Waals surface area contributed by atoms with E-state index in [4.69, 9.17) is 5.11 Å². The summed E-state index contributed by atoms with van der Waals surface area (Å²) in [7, 11) is 0. The fraction of sp³-hybridized carbons (Fsp3) is 0.294. The predicted octanol–water partition coefficient (Wildman–Crippen LogP) is 4.05. The Hall–Kier alpha value is -1.85. The minimum Gasteiger partial charge on any atom is -0.392 e. The maximum absolute atomic E-state index is 12.7. The van der Waals surface area contributed by atoms with E-state index in [0.717, 1.165) is 23.3 Å². The van der Waals surface area contributed by atoms with E-state index >= 15 is 0 Å². The summed E-state index contributed by atoms with van der Waals surface area (Å²) in [5, 5.41) is 12.3. The number of hydrogen-bond acceptors (Lipinski definition) is 2. The highest BCUT2D eigenvalue weighted by Gasteiger charge is 2.30. The van der Waals surface area contributed by atoms with E-state index in [-0.39, 0.29) is 12.6 Å². The highest BCUT2D eigenvalue weighted by atomic mass is 19.4. The third-order valence-corrected chi connectivity index (χ3v) is 3.50. The van der Waals surface area contributed by atoms with Crippen molar-refractivity contribution in [2.24, 2.45) is 0 Å². The first-order chi connectivity index (χ1) is 10.4. The molecule has 0 saturated carbocycles. The van der Waals surface area contributed by atoms with Gasteiger partial charge in [0, 0.05) is 12.6 Å². The van der Waals surface area contributed by atoms with Gasteiger partial charge >= 0.3 is 6.18 Å². The van der Waals surface area contributed by atoms with Crippen LogP contribution in [0.25, 0.3) is 0 Å². The van der Waals surface area contributed by atoms with Gasteiger partial charge in [0.25, 0.3) is 0 Å². The lowest BCUT2D eigenvalue weighted by atomic mass is 10.0. The quantitative estimate of drug-likeness (QED) is 0.873. The van der Waals surface area contributed by atoms with Gasteiger partial charge in [0.1, 0.15) is 0 Å². The van der Waals surface area contributed by atoms with Crippen molar-refractivity contribution in [2.75, 3.05) is 0 Å². The standard InChI is InChI=1S/C17H18F3NO/c1-12(15-6-2-5-14(8-15)11-22)21-10-13-4-3-7-16(9-13)17(18,19)20/h2-9,12,21-22H,10-11H2,1H3. The van der Waals surface area contributed by atoms with Gasteiger partial charge < -0.3 is 10.4 Å². The third kappa shape index (κ3) is 4.32. The summed E-state index contributed by atoms with van der Waals surface area (Å²) in [5.74, 6) is 0. The van der Waals surface area contributed by atoms with Gasteiger partial charge in [-0.15, -0.1) is 0 Å². The molecule has 2 rings (SSSR count). The highest BCUT2D eigenvalue weighted by molar-refractivity contribution is 5.27. The molecule has 2 aromatic carbocycles. The van der Waals surface area contributed by atoms with Crippen molar-refractivity contribution >= 4 is 0 Å². The van der Waals surface area contributed by atoms with Crippen molar-refractivity contribution in [3.63, 3.8) is 0 Å². The van der Waals surface area contributed by atoms with E-state index in [9.17, 15) is 13.2 Å². The molecule has 2 nitrogen and oxygen atoms in total. The number of rotatable bonds is 5. The zero-order valence-electron chi connectivity index (χ0n) is 12.2. The number of halogens is 3. The first kappa shape index (κ1) is 16.5. The van der Waals surface area contributed by atoms with Gasteiger partial charge in [-0.25, -0.2) is 0 Å². The molecule has 5 heteroatoms. The number of hydrogen-bond donors (Lipinski definition) is 2. The molecule has 0 aromatic heterocycles. The highest BCUT2D eigenvalue weighted by Crippen LogP contribution is 2.29. The molecule has 2 N–H and O–H groups in total. The topological polar surface area (TPSA) is 32.3 Å². The van der Waals surface area contributed by atoms with Crippen molar-refractivity contribution in [3.05, 3.63) is 70.8 Å². The number of aliphatic hydroxyl groups excluding tert-OH is 1. The summed E-state index contributed by atoms with van der Waals surface area (Å²) in [5.41, 5.74) is 1.74. The summed E-state index contributed by atoms with van der Waals surface area (Å²) in [4.78, 5) is 0. The Morgan fingerprint density at radius 2 is 1.73 bits per heavy atom. The second-order valence-electron chi connectivity index (χ2n) is 5.20. The first-order valence-electron chi connectivity index (χ1n) is 6.99. The average Bonchev–Trinajstić information content (AvgIpc) is 2.52. The van der Waals surface area contributed by atoms with Crippen LogP contribution in [0.5, 0.6) is 0 Å². The van der Waals surface area contributed by atoms with Gasteiger partial charge in [0.05, 0.1) is 12.2 Å². The molecule has 1 atom stereocenters. The Kier molecular flexibility index (Phi) is 5.21. The van der Waals surface area contributed by atoms with Crippen LogP contribution in [0.4, 0.5) is 13.2 Å². The van der Waals surface area contributed by atoms with Crippen LogP contribution in [-0.2, 0) is 19.3 Å². The van der Waals surface area contributed by atoms with Crippen LogP contribution in [0.2, 0.25) is 0 Å². The summed E-state index contributed by atoms with van der Waals surface area (Å²) >= 11 is 0. The van der Waals surface area contributed by atoms with Crippen LogP contribution in [0.15, 0.2) is 48.5 Å². The van der Waals surface area contributed by atoms with Crippen molar-refractivity contribution in [1.29, 1.82) is 0 Å². The maximum atomic E-state index is 12.7. The van der Waals surface area contributed by atoms with Gasteiger partial charge in [0.2, 0.25) is 0 Å². The van der Waals surface area contributed by atoms with Crippen molar-refractivity contribution in [3.8, 4) is 0 Å². The van der Waals surface area contributed by atoms with Crippen LogP contribution in [0.1, 0.15) is 35.2 Å². The van der Waals surface area contributed by atoms with Crippen molar-refractivity contribution < 1.29 is 18.3 Å². The molecular weight excluding hydrogens is 291 g/mol. The second kappa shape index (κ2) is 6.94. The first-order valence-corrected chi connectivity index (χ1v) is 6.99. The molecule has 0 aliphatic rings. The fourth-order valence-corrected chi connectivity index (χ4v) is 2.21. The van der Waals surface area contributed by atoms with Crippen LogP contribution >= 0.6 is 0 Å². The summed E-state index contributed by atoms with van der Waals surface area (Å²) < 4.78 is 38.0. The van der Waals surface area contributed by atoms with E-state index in [1.807, 2.05) is 31.2 Å². The van der Waals surface area contributed by atoms with Crippen molar-refractivity contribution in [2.45, 2.75) is 32.3 Å². The Labute approximate surface area is 127 Å². The molecular formula is C17H18F3NO. The minimum absolute atomic E-state index is 0.0268. The lowest BCUT2D eigenvalue weighted by molar-refractivity contribution is -0.137. The molecule has 0 heterocycles. The molecule has 0 saturated heterocycles. The molecule has 0 aliphatic heterocycles. The number of aliphatic hydroxyl groups is 1. The van der Waals surface area contributed by atoms with Crippen LogP contribution in [0.3, 0.4) is 0 Å². The van der Waals surface area contributed by atoms with E-state index in [1.54, 1.807) is 6.07 Å². The largest absolute Gasteiger partial charge is 0.416 e. The van der Waals surface area contributed by atoms with Crippen LogP contribution < -0.4 is 5.32 Å². The average molecular weight is 309 g/mol. The van der Waals surface area contributed by atoms with Crippen LogP contribution in [-0.4, -0.2) is 5.11 Å². The monoisotopic (exact) mass is 309 g/mol. The van der Waals surface area contributed by atoms with E-state index in [2.05, 4.69) is 5.32 Å². The molecule has 0 bridgehead atoms. The lowest BCUT2D eigenvalue weighted by Crippen LogP contribution is -2.18. The molecule has 0 fully saturated rings. The van der Waals surface area contributed by atoms with Gasteiger partial charge in [0.15, 0.2) is 0 Å². The maximum Gasteiger partial charge on any atom is 0.416 e. The Morgan fingerprint density at radius 3 is 2.41 bits per heavy atom. The molecule has 118 valence electrons. The number of alkyl halides is 3. The molecule has 1 unspecified atom stereocenters. The Bertz CT molecular complexity index is 625. The predicted molar refractivity (Wildman–Crippen MR) is 79.1 cm³/mol. The summed E-state index contributed by atoms with van der Waals surface area (Å²) in [6.45, 7) is 2.24. The fourth-order valence-electron chi connectivity index (χ4n) is 2.21. The normalized spacial score (nSPS) is 13.1. The Balaban J connectivity index is 2.03. The zero-order chi connectivity index (χ0) is 16.2. The number of benzene rings is 2. The van der Waals surface area contributed by atoms with Gasteiger partial charge in [-0.1, -0.05) is 42.5 Å². The smallest absolute Gasteiger partial charge is 0.392 e. The SMILES string of the molecule is CC(NCc1cccc(C(F)(F)F)c1)c1cccc(CO)c1. The van der Waals surface area contributed by atoms with E-state index in [1.165, 1.54) is 6.07 Å².